The molecule has 0 aliphatic carbocycles. The molecule has 7 nitrogen and oxygen atoms in total. The number of nitrogens with one attached hydrogen (secondary N) is 1. The number of non-ortho nitro benzene ring substituents is 1. The van der Waals surface area contributed by atoms with Crippen LogP contribution in [-0.2, 0) is 4.79 Å². The number of halogens is 1. The number of carbonyl (C=O) groups is 1. The van der Waals surface area contributed by atoms with E-state index in [1.807, 2.05) is 0 Å². The second-order valence-electron chi connectivity index (χ2n) is 5.20. The van der Waals surface area contributed by atoms with Gasteiger partial charge < -0.3 is 10.4 Å². The molecule has 0 aliphatic heterocycles. The van der Waals surface area contributed by atoms with Crippen molar-refractivity contribution in [2.24, 2.45) is 0 Å². The number of aliphatic hydroxyl groups is 1. The van der Waals surface area contributed by atoms with Crippen LogP contribution < -0.4 is 5.32 Å². The molecular formula is C14H20ClN3O4. The van der Waals surface area contributed by atoms with E-state index in [0.717, 1.165) is 0 Å². The Morgan fingerprint density at radius 3 is 2.64 bits per heavy atom. The van der Waals surface area contributed by atoms with E-state index < -0.39 is 17.1 Å². The molecule has 0 saturated carbocycles. The first-order valence-corrected chi connectivity index (χ1v) is 7.23. The molecule has 0 bridgehead atoms. The molecule has 1 aromatic carbocycles. The predicted molar refractivity (Wildman–Crippen MR) is 85.1 cm³/mol. The van der Waals surface area contributed by atoms with Crippen LogP contribution >= 0.6 is 11.6 Å². The van der Waals surface area contributed by atoms with Gasteiger partial charge in [-0.15, -0.1) is 0 Å². The molecule has 0 radical (unpaired) electrons. The lowest BCUT2D eigenvalue weighted by molar-refractivity contribution is -0.384. The molecule has 2 atom stereocenters. The molecule has 0 saturated heterocycles. The first-order chi connectivity index (χ1) is 10.2. The van der Waals surface area contributed by atoms with Crippen LogP contribution in [0.2, 0.25) is 5.02 Å². The van der Waals surface area contributed by atoms with Crippen LogP contribution in [0.4, 0.5) is 11.4 Å². The van der Waals surface area contributed by atoms with E-state index in [0.29, 0.717) is 18.7 Å². The maximum absolute atomic E-state index is 12.2. The molecule has 1 rings (SSSR count). The molecule has 0 aliphatic rings. The van der Waals surface area contributed by atoms with Gasteiger partial charge in [-0.3, -0.25) is 19.8 Å². The minimum absolute atomic E-state index is 0.112. The summed E-state index contributed by atoms with van der Waals surface area (Å²) >= 11 is 5.94. The molecule has 22 heavy (non-hydrogen) atoms. The van der Waals surface area contributed by atoms with Crippen LogP contribution in [0.25, 0.3) is 0 Å². The Kier molecular flexibility index (Phi) is 6.73. The maximum atomic E-state index is 12.2. The summed E-state index contributed by atoms with van der Waals surface area (Å²) in [5, 5.41) is 22.7. The zero-order chi connectivity index (χ0) is 16.9. The number of amides is 1. The fraction of sp³-hybridized carbons (Fsp3) is 0.500. The molecule has 0 heterocycles. The molecule has 0 spiro atoms. The minimum atomic E-state index is -0.552. The fourth-order valence-electron chi connectivity index (χ4n) is 1.74. The quantitative estimate of drug-likeness (QED) is 0.591. The third-order valence-corrected chi connectivity index (χ3v) is 3.67. The van der Waals surface area contributed by atoms with Crippen molar-refractivity contribution in [1.29, 1.82) is 0 Å². The molecule has 8 heteroatoms. The van der Waals surface area contributed by atoms with Gasteiger partial charge in [0.05, 0.1) is 27.8 Å². The molecule has 0 fully saturated rings. The number of likely N-dealkylation sites (N-methyl/N-ethyl adjacent to an activating group) is 1. The Balaban J connectivity index is 2.69. The summed E-state index contributed by atoms with van der Waals surface area (Å²) in [6, 6.07) is 3.45. The highest BCUT2D eigenvalue weighted by molar-refractivity contribution is 6.34. The fourth-order valence-corrected chi connectivity index (χ4v) is 1.96. The zero-order valence-corrected chi connectivity index (χ0v) is 13.5. The number of carbonyl (C=O) groups excluding carboxylic acids is 1. The van der Waals surface area contributed by atoms with Crippen molar-refractivity contribution in [3.63, 3.8) is 0 Å². The Labute approximate surface area is 134 Å². The minimum Gasteiger partial charge on any atom is -0.393 e. The largest absolute Gasteiger partial charge is 0.393 e. The van der Waals surface area contributed by atoms with Crippen molar-refractivity contribution >= 4 is 28.9 Å². The van der Waals surface area contributed by atoms with E-state index in [1.165, 1.54) is 18.2 Å². The highest BCUT2D eigenvalue weighted by atomic mass is 35.5. The molecule has 2 unspecified atom stereocenters. The van der Waals surface area contributed by atoms with Gasteiger partial charge in [0.15, 0.2) is 0 Å². The summed E-state index contributed by atoms with van der Waals surface area (Å²) in [4.78, 5) is 24.1. The van der Waals surface area contributed by atoms with Crippen molar-refractivity contribution in [3.05, 3.63) is 33.3 Å². The summed E-state index contributed by atoms with van der Waals surface area (Å²) in [5.74, 6) is -0.274. The third-order valence-electron chi connectivity index (χ3n) is 3.36. The van der Waals surface area contributed by atoms with Crippen LogP contribution in [0.1, 0.15) is 20.3 Å². The lowest BCUT2D eigenvalue weighted by atomic mass is 10.2. The number of hydrogen-bond donors (Lipinski definition) is 2. The van der Waals surface area contributed by atoms with Gasteiger partial charge in [0.25, 0.3) is 5.69 Å². The van der Waals surface area contributed by atoms with Crippen LogP contribution in [0.3, 0.4) is 0 Å². The summed E-state index contributed by atoms with van der Waals surface area (Å²) in [6.45, 7) is 3.99. The van der Waals surface area contributed by atoms with Gasteiger partial charge in [0.1, 0.15) is 0 Å². The first kappa shape index (κ1) is 18.3. The number of nitro groups is 1. The normalized spacial score (nSPS) is 13.7. The number of nitrogens with zero attached hydrogens (tertiary/aromatic N) is 2. The smallest absolute Gasteiger partial charge is 0.271 e. The first-order valence-electron chi connectivity index (χ1n) is 6.85. The number of anilines is 1. The SMILES string of the molecule is CC(O)CCN(C)C(C)C(=O)Nc1ccc([N+](=O)[O-])cc1Cl. The molecule has 1 aromatic rings. The van der Waals surface area contributed by atoms with Crippen molar-refractivity contribution < 1.29 is 14.8 Å². The van der Waals surface area contributed by atoms with Gasteiger partial charge in [-0.25, -0.2) is 0 Å². The van der Waals surface area contributed by atoms with Crippen molar-refractivity contribution in [1.82, 2.24) is 4.90 Å². The van der Waals surface area contributed by atoms with E-state index in [9.17, 15) is 20.0 Å². The van der Waals surface area contributed by atoms with E-state index in [4.69, 9.17) is 11.6 Å². The van der Waals surface area contributed by atoms with Gasteiger partial charge in [-0.05, 0) is 33.4 Å². The second kappa shape index (κ2) is 8.07. The standard InChI is InChI=1S/C14H20ClN3O4/c1-9(19)6-7-17(3)10(2)14(20)16-13-5-4-11(18(21)22)8-12(13)15/h4-5,8-10,19H,6-7H2,1-3H3,(H,16,20). The average Bonchev–Trinajstić information content (AvgIpc) is 2.45. The molecule has 2 N–H and O–H groups in total. The van der Waals surface area contributed by atoms with E-state index in [-0.39, 0.29) is 16.6 Å². The van der Waals surface area contributed by atoms with E-state index >= 15 is 0 Å². The third kappa shape index (κ3) is 5.25. The molecule has 0 aromatic heterocycles. The van der Waals surface area contributed by atoms with Crippen LogP contribution in [0.15, 0.2) is 18.2 Å². The highest BCUT2D eigenvalue weighted by Crippen LogP contribution is 2.26. The summed E-state index contributed by atoms with van der Waals surface area (Å²) < 4.78 is 0. The summed E-state index contributed by atoms with van der Waals surface area (Å²) in [7, 11) is 1.78. The van der Waals surface area contributed by atoms with Crippen LogP contribution in [0.5, 0.6) is 0 Å². The molecular weight excluding hydrogens is 310 g/mol. The highest BCUT2D eigenvalue weighted by Gasteiger charge is 2.20. The van der Waals surface area contributed by atoms with Crippen molar-refractivity contribution in [2.75, 3.05) is 18.9 Å². The second-order valence-corrected chi connectivity index (χ2v) is 5.61. The zero-order valence-electron chi connectivity index (χ0n) is 12.7. The summed E-state index contributed by atoms with van der Waals surface area (Å²) in [6.07, 6.45) is 0.133. The Morgan fingerprint density at radius 1 is 1.50 bits per heavy atom. The van der Waals surface area contributed by atoms with Gasteiger partial charge in [0.2, 0.25) is 5.91 Å². The Bertz CT molecular complexity index is 551. The number of benzene rings is 1. The lowest BCUT2D eigenvalue weighted by Crippen LogP contribution is -2.40. The topological polar surface area (TPSA) is 95.7 Å². The van der Waals surface area contributed by atoms with Gasteiger partial charge in [0, 0.05) is 18.7 Å². The number of hydrogen-bond acceptors (Lipinski definition) is 5. The number of rotatable bonds is 7. The van der Waals surface area contributed by atoms with Crippen molar-refractivity contribution in [2.45, 2.75) is 32.4 Å². The van der Waals surface area contributed by atoms with Gasteiger partial charge in [-0.1, -0.05) is 11.6 Å². The van der Waals surface area contributed by atoms with E-state index in [1.54, 1.807) is 25.8 Å². The van der Waals surface area contributed by atoms with Crippen molar-refractivity contribution in [3.8, 4) is 0 Å². The number of nitro benzene ring substituents is 1. The predicted octanol–water partition coefficient (Wildman–Crippen LogP) is 2.28. The van der Waals surface area contributed by atoms with Crippen LogP contribution in [0, 0.1) is 10.1 Å². The summed E-state index contributed by atoms with van der Waals surface area (Å²) in [5.41, 5.74) is 0.193. The van der Waals surface area contributed by atoms with Gasteiger partial charge in [-0.2, -0.15) is 0 Å². The lowest BCUT2D eigenvalue weighted by Gasteiger charge is -2.24. The van der Waals surface area contributed by atoms with E-state index in [2.05, 4.69) is 5.32 Å². The number of aliphatic hydroxyl groups excluding tert-OH is 1. The molecule has 1 amide bonds. The monoisotopic (exact) mass is 329 g/mol. The Morgan fingerprint density at radius 2 is 2.14 bits per heavy atom. The Hall–Kier alpha value is -1.70. The van der Waals surface area contributed by atoms with Crippen LogP contribution in [-0.4, -0.2) is 46.6 Å². The maximum Gasteiger partial charge on any atom is 0.271 e. The molecule has 122 valence electrons. The van der Waals surface area contributed by atoms with Gasteiger partial charge >= 0.3 is 0 Å². The average molecular weight is 330 g/mol.